The predicted molar refractivity (Wildman–Crippen MR) is 94.5 cm³/mol. The van der Waals surface area contributed by atoms with Crippen LogP contribution in [0.5, 0.6) is 0 Å². The first-order valence-corrected chi connectivity index (χ1v) is 7.95. The molecule has 0 spiro atoms. The number of rotatable bonds is 5. The molecule has 0 radical (unpaired) electrons. The van der Waals surface area contributed by atoms with Crippen LogP contribution in [0.3, 0.4) is 0 Å². The number of benzene rings is 1. The van der Waals surface area contributed by atoms with E-state index in [4.69, 9.17) is 0 Å². The highest BCUT2D eigenvalue weighted by atomic mass is 35.5. The molecule has 1 aliphatic heterocycles. The Morgan fingerprint density at radius 1 is 1.29 bits per heavy atom. The second-order valence-corrected chi connectivity index (χ2v) is 5.89. The fourth-order valence-corrected chi connectivity index (χ4v) is 3.10. The number of carbonyl (C=O) groups excluding carboxylic acids is 1. The number of aliphatic hydroxyl groups excluding tert-OH is 1. The van der Waals surface area contributed by atoms with Crippen molar-refractivity contribution in [3.8, 4) is 0 Å². The minimum Gasteiger partial charge on any atom is -0.391 e. The van der Waals surface area contributed by atoms with Crippen molar-refractivity contribution in [1.82, 2.24) is 19.8 Å². The van der Waals surface area contributed by atoms with Crippen LogP contribution in [0.25, 0.3) is 11.0 Å². The molecule has 1 amide bonds. The Morgan fingerprint density at radius 3 is 2.54 bits per heavy atom. The van der Waals surface area contributed by atoms with Crippen molar-refractivity contribution in [2.45, 2.75) is 26.1 Å². The third-order valence-electron chi connectivity index (χ3n) is 4.41. The van der Waals surface area contributed by atoms with Crippen LogP contribution >= 0.6 is 12.4 Å². The molecule has 3 N–H and O–H groups in total. The average molecular weight is 355 g/mol. The molecular formula is C16H23ClN4O3. The zero-order valence-corrected chi connectivity index (χ0v) is 14.4. The Balaban J connectivity index is 0.00000208. The Morgan fingerprint density at radius 2 is 1.96 bits per heavy atom. The molecule has 1 aliphatic rings. The number of para-hydroxylation sites is 2. The van der Waals surface area contributed by atoms with Crippen molar-refractivity contribution in [3.05, 3.63) is 34.7 Å². The molecule has 1 saturated heterocycles. The van der Waals surface area contributed by atoms with Gasteiger partial charge in [0.05, 0.1) is 17.1 Å². The number of β-amino-alcohol motifs (C(OH)–C–C–N with tert-alkyl or cyclic N) is 1. The van der Waals surface area contributed by atoms with Gasteiger partial charge in [-0.1, -0.05) is 12.1 Å². The molecule has 8 heteroatoms. The van der Waals surface area contributed by atoms with Crippen molar-refractivity contribution < 1.29 is 9.90 Å². The number of imidazole rings is 1. The molecule has 0 aliphatic carbocycles. The molecule has 2 aromatic rings. The van der Waals surface area contributed by atoms with Gasteiger partial charge in [0.25, 0.3) is 0 Å². The molecule has 24 heavy (non-hydrogen) atoms. The summed E-state index contributed by atoms with van der Waals surface area (Å²) >= 11 is 0. The van der Waals surface area contributed by atoms with Gasteiger partial charge < -0.3 is 15.7 Å². The predicted octanol–water partition coefficient (Wildman–Crippen LogP) is -0.0588. The summed E-state index contributed by atoms with van der Waals surface area (Å²) in [5.41, 5.74) is 1.42. The van der Waals surface area contributed by atoms with Gasteiger partial charge >= 0.3 is 5.69 Å². The lowest BCUT2D eigenvalue weighted by molar-refractivity contribution is -0.121. The summed E-state index contributed by atoms with van der Waals surface area (Å²) in [6.07, 6.45) is -0.431. The first kappa shape index (κ1) is 18.5. The maximum Gasteiger partial charge on any atom is 0.329 e. The smallest absolute Gasteiger partial charge is 0.329 e. The van der Waals surface area contributed by atoms with Crippen LogP contribution in [0.4, 0.5) is 0 Å². The number of carbonyl (C=O) groups is 1. The maximum absolute atomic E-state index is 12.5. The van der Waals surface area contributed by atoms with E-state index in [0.29, 0.717) is 26.2 Å². The van der Waals surface area contributed by atoms with Crippen molar-refractivity contribution >= 4 is 29.3 Å². The van der Waals surface area contributed by atoms with Crippen LogP contribution in [0.2, 0.25) is 0 Å². The topological polar surface area (TPSA) is 88.3 Å². The molecule has 1 aromatic heterocycles. The number of fused-ring (bicyclic) bond motifs is 1. The Bertz CT molecular complexity index is 770. The Hall–Kier alpha value is -1.83. The van der Waals surface area contributed by atoms with Gasteiger partial charge in [0, 0.05) is 32.1 Å². The molecule has 2 unspecified atom stereocenters. The van der Waals surface area contributed by atoms with Crippen LogP contribution in [-0.4, -0.2) is 45.9 Å². The fourth-order valence-electron chi connectivity index (χ4n) is 3.10. The lowest BCUT2D eigenvalue weighted by Crippen LogP contribution is -2.38. The quantitative estimate of drug-likeness (QED) is 0.702. The van der Waals surface area contributed by atoms with Gasteiger partial charge in [-0.05, 0) is 19.1 Å². The summed E-state index contributed by atoms with van der Waals surface area (Å²) in [4.78, 5) is 24.7. The summed E-state index contributed by atoms with van der Waals surface area (Å²) in [7, 11) is 0. The first-order chi connectivity index (χ1) is 11.1. The van der Waals surface area contributed by atoms with E-state index in [2.05, 4.69) is 10.6 Å². The number of halogens is 1. The average Bonchev–Trinajstić information content (AvgIpc) is 3.07. The molecule has 2 heterocycles. The van der Waals surface area contributed by atoms with Crippen molar-refractivity contribution in [2.75, 3.05) is 19.6 Å². The zero-order valence-electron chi connectivity index (χ0n) is 13.6. The van der Waals surface area contributed by atoms with Gasteiger partial charge in [-0.15, -0.1) is 12.4 Å². The van der Waals surface area contributed by atoms with E-state index in [1.54, 1.807) is 4.57 Å². The molecule has 1 aromatic carbocycles. The molecule has 3 rings (SSSR count). The summed E-state index contributed by atoms with van der Waals surface area (Å²) in [6.45, 7) is 4.12. The minimum absolute atomic E-state index is 0. The van der Waals surface area contributed by atoms with Crippen molar-refractivity contribution in [1.29, 1.82) is 0 Å². The minimum atomic E-state index is -0.431. The van der Waals surface area contributed by atoms with Crippen LogP contribution < -0.4 is 16.3 Å². The maximum atomic E-state index is 12.5. The molecular weight excluding hydrogens is 332 g/mol. The van der Waals surface area contributed by atoms with Gasteiger partial charge in [0.15, 0.2) is 0 Å². The monoisotopic (exact) mass is 354 g/mol. The van der Waals surface area contributed by atoms with Crippen LogP contribution in [0.15, 0.2) is 29.1 Å². The van der Waals surface area contributed by atoms with Gasteiger partial charge in [-0.25, -0.2) is 4.79 Å². The molecule has 2 atom stereocenters. The van der Waals surface area contributed by atoms with Gasteiger partial charge in [0.2, 0.25) is 5.91 Å². The second kappa shape index (κ2) is 7.83. The summed E-state index contributed by atoms with van der Waals surface area (Å²) in [5.74, 6) is -0.196. The highest BCUT2D eigenvalue weighted by molar-refractivity contribution is 5.85. The van der Waals surface area contributed by atoms with Gasteiger partial charge in [0.1, 0.15) is 6.54 Å². The highest BCUT2D eigenvalue weighted by Crippen LogP contribution is 2.12. The summed E-state index contributed by atoms with van der Waals surface area (Å²) in [6, 6.07) is 7.47. The molecule has 0 saturated carbocycles. The molecule has 1 fully saturated rings. The van der Waals surface area contributed by atoms with Crippen molar-refractivity contribution in [2.24, 2.45) is 5.92 Å². The number of aromatic nitrogens is 2. The zero-order chi connectivity index (χ0) is 16.4. The highest BCUT2D eigenvalue weighted by Gasteiger charge is 2.25. The summed E-state index contributed by atoms with van der Waals surface area (Å²) < 4.78 is 3.16. The van der Waals surface area contributed by atoms with Gasteiger partial charge in [-0.2, -0.15) is 0 Å². The van der Waals surface area contributed by atoms with E-state index in [-0.39, 0.29) is 36.5 Å². The van der Waals surface area contributed by atoms with E-state index in [0.717, 1.165) is 11.0 Å². The third-order valence-corrected chi connectivity index (χ3v) is 4.41. The van der Waals surface area contributed by atoms with Gasteiger partial charge in [-0.3, -0.25) is 13.9 Å². The lowest BCUT2D eigenvalue weighted by Gasteiger charge is -2.14. The number of aliphatic hydroxyl groups is 1. The lowest BCUT2D eigenvalue weighted by atomic mass is 10.1. The largest absolute Gasteiger partial charge is 0.391 e. The normalized spacial score (nSPS) is 20.1. The number of nitrogens with one attached hydrogen (secondary N) is 2. The van der Waals surface area contributed by atoms with E-state index >= 15 is 0 Å². The number of nitrogens with zero attached hydrogens (tertiary/aromatic N) is 2. The Kier molecular flexibility index (Phi) is 6.04. The van der Waals surface area contributed by atoms with E-state index < -0.39 is 6.10 Å². The van der Waals surface area contributed by atoms with E-state index in [9.17, 15) is 14.7 Å². The number of hydrogen-bond acceptors (Lipinski definition) is 4. The number of amides is 1. The molecule has 7 nitrogen and oxygen atoms in total. The standard InChI is InChI=1S/C16H22N4O3.ClH/c1-2-19-12-5-3-4-6-13(12)20(16(19)23)10-15(22)18-8-11-7-17-9-14(11)21;/h3-6,11,14,17,21H,2,7-10H2,1H3,(H,18,22);1H. The van der Waals surface area contributed by atoms with Crippen LogP contribution in [0.1, 0.15) is 6.92 Å². The summed E-state index contributed by atoms with van der Waals surface area (Å²) in [5, 5.41) is 15.6. The van der Waals surface area contributed by atoms with E-state index in [1.807, 2.05) is 31.2 Å². The van der Waals surface area contributed by atoms with E-state index in [1.165, 1.54) is 4.57 Å². The van der Waals surface area contributed by atoms with Crippen LogP contribution in [0, 0.1) is 5.92 Å². The molecule has 132 valence electrons. The Labute approximate surface area is 146 Å². The van der Waals surface area contributed by atoms with Crippen LogP contribution in [-0.2, 0) is 17.9 Å². The first-order valence-electron chi connectivity index (χ1n) is 7.95. The van der Waals surface area contributed by atoms with Crippen molar-refractivity contribution in [3.63, 3.8) is 0 Å². The fraction of sp³-hybridized carbons (Fsp3) is 0.500. The number of hydrogen-bond donors (Lipinski definition) is 3. The third kappa shape index (κ3) is 3.48. The molecule has 0 bridgehead atoms. The second-order valence-electron chi connectivity index (χ2n) is 5.89. The SMILES string of the molecule is CCn1c(=O)n(CC(=O)NCC2CNCC2O)c2ccccc21.Cl. The number of aryl methyl sites for hydroxylation is 1.